The maximum atomic E-state index is 12.1. The summed E-state index contributed by atoms with van der Waals surface area (Å²) in [5, 5.41) is 6.66. The van der Waals surface area contributed by atoms with Crippen molar-refractivity contribution in [1.29, 1.82) is 0 Å². The number of urea groups is 1. The van der Waals surface area contributed by atoms with Crippen molar-refractivity contribution in [3.63, 3.8) is 0 Å². The average Bonchev–Trinajstić information content (AvgIpc) is 3.20. The zero-order valence-corrected chi connectivity index (χ0v) is 12.3. The largest absolute Gasteiger partial charge is 0.454 e. The Bertz CT molecular complexity index is 872. The lowest BCUT2D eigenvalue weighted by atomic mass is 10.2. The predicted molar refractivity (Wildman–Crippen MR) is 86.7 cm³/mol. The summed E-state index contributed by atoms with van der Waals surface area (Å²) < 4.78 is 10.6. The Kier molecular flexibility index (Phi) is 3.27. The van der Waals surface area contributed by atoms with Crippen LogP contribution in [0, 0.1) is 0 Å². The quantitative estimate of drug-likeness (QED) is 0.695. The van der Waals surface area contributed by atoms with Gasteiger partial charge in [-0.15, -0.1) is 0 Å². The second kappa shape index (κ2) is 5.57. The van der Waals surface area contributed by atoms with Crippen LogP contribution in [-0.4, -0.2) is 17.8 Å². The Labute approximate surface area is 132 Å². The molecule has 116 valence electrons. The molecule has 23 heavy (non-hydrogen) atoms. The van der Waals surface area contributed by atoms with Gasteiger partial charge < -0.3 is 25.1 Å². The molecule has 2 aromatic carbocycles. The highest BCUT2D eigenvalue weighted by molar-refractivity contribution is 6.00. The van der Waals surface area contributed by atoms with Gasteiger partial charge in [-0.2, -0.15) is 0 Å². The molecule has 1 aromatic heterocycles. The molecule has 3 N–H and O–H groups in total. The molecule has 1 aliphatic heterocycles. The van der Waals surface area contributed by atoms with Crippen LogP contribution in [0.1, 0.15) is 5.56 Å². The van der Waals surface area contributed by atoms with Gasteiger partial charge in [-0.05, 0) is 23.8 Å². The van der Waals surface area contributed by atoms with Gasteiger partial charge >= 0.3 is 6.03 Å². The number of benzene rings is 2. The van der Waals surface area contributed by atoms with Crippen LogP contribution < -0.4 is 20.1 Å². The molecule has 6 heteroatoms. The van der Waals surface area contributed by atoms with Crippen molar-refractivity contribution < 1.29 is 14.3 Å². The first kappa shape index (κ1) is 13.5. The fourth-order valence-corrected chi connectivity index (χ4v) is 2.57. The molecule has 2 amide bonds. The number of H-pyrrole nitrogens is 1. The van der Waals surface area contributed by atoms with E-state index in [1.165, 1.54) is 0 Å². The molecule has 0 bridgehead atoms. The molecule has 6 nitrogen and oxygen atoms in total. The number of rotatable bonds is 3. The zero-order chi connectivity index (χ0) is 15.6. The van der Waals surface area contributed by atoms with Gasteiger partial charge in [0.2, 0.25) is 6.79 Å². The normalized spacial score (nSPS) is 12.3. The molecule has 0 saturated carbocycles. The number of hydrogen-bond acceptors (Lipinski definition) is 3. The molecular weight excluding hydrogens is 294 g/mol. The maximum Gasteiger partial charge on any atom is 0.319 e. The van der Waals surface area contributed by atoms with Crippen LogP contribution in [0.4, 0.5) is 10.5 Å². The van der Waals surface area contributed by atoms with E-state index in [1.807, 2.05) is 42.5 Å². The molecule has 0 unspecified atom stereocenters. The third-order valence-corrected chi connectivity index (χ3v) is 3.73. The molecule has 0 saturated heterocycles. The number of carbonyl (C=O) groups excluding carboxylic acids is 1. The van der Waals surface area contributed by atoms with Crippen LogP contribution in [0.25, 0.3) is 10.9 Å². The lowest BCUT2D eigenvalue weighted by molar-refractivity contribution is 0.174. The number of aromatic nitrogens is 1. The summed E-state index contributed by atoms with van der Waals surface area (Å²) in [6, 6.07) is 13.2. The maximum absolute atomic E-state index is 12.1. The van der Waals surface area contributed by atoms with Gasteiger partial charge in [0.15, 0.2) is 11.5 Å². The minimum absolute atomic E-state index is 0.243. The first-order chi connectivity index (χ1) is 11.3. The number of nitrogens with one attached hydrogen (secondary N) is 3. The summed E-state index contributed by atoms with van der Waals surface area (Å²) in [7, 11) is 0. The van der Waals surface area contributed by atoms with Crippen molar-refractivity contribution >= 4 is 22.6 Å². The molecule has 4 rings (SSSR count). The van der Waals surface area contributed by atoms with Crippen molar-refractivity contribution in [3.05, 3.63) is 54.2 Å². The Morgan fingerprint density at radius 1 is 1.13 bits per heavy atom. The summed E-state index contributed by atoms with van der Waals surface area (Å²) in [4.78, 5) is 15.2. The van der Waals surface area contributed by atoms with E-state index in [1.54, 1.807) is 6.20 Å². The van der Waals surface area contributed by atoms with Crippen molar-refractivity contribution in [2.75, 3.05) is 12.1 Å². The number of ether oxygens (including phenoxy) is 2. The molecule has 0 aliphatic carbocycles. The van der Waals surface area contributed by atoms with Crippen LogP contribution in [0.3, 0.4) is 0 Å². The van der Waals surface area contributed by atoms with Gasteiger partial charge in [0, 0.05) is 23.6 Å². The lowest BCUT2D eigenvalue weighted by Gasteiger charge is -2.07. The van der Waals surface area contributed by atoms with Gasteiger partial charge in [-0.25, -0.2) is 4.79 Å². The van der Waals surface area contributed by atoms with E-state index in [0.717, 1.165) is 27.9 Å². The van der Waals surface area contributed by atoms with E-state index in [0.29, 0.717) is 12.3 Å². The Hall–Kier alpha value is -3.15. The summed E-state index contributed by atoms with van der Waals surface area (Å²) in [6.07, 6.45) is 1.78. The minimum atomic E-state index is -0.257. The Morgan fingerprint density at radius 2 is 2.00 bits per heavy atom. The summed E-state index contributed by atoms with van der Waals surface area (Å²) in [5.41, 5.74) is 2.69. The highest BCUT2D eigenvalue weighted by atomic mass is 16.7. The Balaban J connectivity index is 1.40. The smallest absolute Gasteiger partial charge is 0.319 e. The van der Waals surface area contributed by atoms with Crippen LogP contribution in [0.5, 0.6) is 11.5 Å². The average molecular weight is 309 g/mol. The number of aromatic amines is 1. The monoisotopic (exact) mass is 309 g/mol. The van der Waals surface area contributed by atoms with Crippen LogP contribution >= 0.6 is 0 Å². The van der Waals surface area contributed by atoms with E-state index < -0.39 is 0 Å². The topological polar surface area (TPSA) is 75.4 Å². The molecule has 0 atom stereocenters. The summed E-state index contributed by atoms with van der Waals surface area (Å²) in [6.45, 7) is 0.651. The van der Waals surface area contributed by atoms with E-state index in [2.05, 4.69) is 15.6 Å². The highest BCUT2D eigenvalue weighted by Crippen LogP contribution is 2.32. The molecule has 0 radical (unpaired) electrons. The Morgan fingerprint density at radius 3 is 2.96 bits per heavy atom. The van der Waals surface area contributed by atoms with Crippen LogP contribution in [0.2, 0.25) is 0 Å². The molecular formula is C17H15N3O3. The standard InChI is InChI=1S/C17H15N3O3/c21-17(20-14-9-18-13-4-2-1-3-12(13)14)19-8-11-5-6-15-16(7-11)23-10-22-15/h1-7,9,18H,8,10H2,(H2,19,20,21). The van der Waals surface area contributed by atoms with Crippen LogP contribution in [0.15, 0.2) is 48.7 Å². The first-order valence-corrected chi connectivity index (χ1v) is 7.29. The molecule has 0 fully saturated rings. The summed E-state index contributed by atoms with van der Waals surface area (Å²) >= 11 is 0. The molecule has 2 heterocycles. The number of fused-ring (bicyclic) bond motifs is 2. The van der Waals surface area contributed by atoms with E-state index in [4.69, 9.17) is 9.47 Å². The van der Waals surface area contributed by atoms with E-state index >= 15 is 0 Å². The number of carbonyl (C=O) groups is 1. The number of para-hydroxylation sites is 1. The van der Waals surface area contributed by atoms with E-state index in [9.17, 15) is 4.79 Å². The van der Waals surface area contributed by atoms with Crippen molar-refractivity contribution in [2.24, 2.45) is 0 Å². The third kappa shape index (κ3) is 2.66. The highest BCUT2D eigenvalue weighted by Gasteiger charge is 2.13. The molecule has 3 aromatic rings. The lowest BCUT2D eigenvalue weighted by Crippen LogP contribution is -2.28. The molecule has 1 aliphatic rings. The minimum Gasteiger partial charge on any atom is -0.454 e. The fourth-order valence-electron chi connectivity index (χ4n) is 2.57. The van der Waals surface area contributed by atoms with Gasteiger partial charge in [0.25, 0.3) is 0 Å². The van der Waals surface area contributed by atoms with Crippen molar-refractivity contribution in [1.82, 2.24) is 10.3 Å². The van der Waals surface area contributed by atoms with Gasteiger partial charge in [-0.3, -0.25) is 0 Å². The SMILES string of the molecule is O=C(NCc1ccc2c(c1)OCO2)Nc1c[nH]c2ccccc12. The second-order valence-electron chi connectivity index (χ2n) is 5.24. The third-order valence-electron chi connectivity index (χ3n) is 3.73. The fraction of sp³-hybridized carbons (Fsp3) is 0.118. The van der Waals surface area contributed by atoms with Gasteiger partial charge in [0.05, 0.1) is 5.69 Å². The molecule has 0 spiro atoms. The predicted octanol–water partition coefficient (Wildman–Crippen LogP) is 3.22. The second-order valence-corrected chi connectivity index (χ2v) is 5.24. The van der Waals surface area contributed by atoms with E-state index in [-0.39, 0.29) is 12.8 Å². The number of anilines is 1. The summed E-state index contributed by atoms with van der Waals surface area (Å²) in [5.74, 6) is 1.44. The van der Waals surface area contributed by atoms with Crippen LogP contribution in [-0.2, 0) is 6.54 Å². The van der Waals surface area contributed by atoms with Gasteiger partial charge in [0.1, 0.15) is 0 Å². The van der Waals surface area contributed by atoms with Gasteiger partial charge in [-0.1, -0.05) is 24.3 Å². The number of amides is 2. The zero-order valence-electron chi connectivity index (χ0n) is 12.3. The van der Waals surface area contributed by atoms with Crippen molar-refractivity contribution in [2.45, 2.75) is 6.54 Å². The number of hydrogen-bond donors (Lipinski definition) is 3. The first-order valence-electron chi connectivity index (χ1n) is 7.29. The van der Waals surface area contributed by atoms with Crippen molar-refractivity contribution in [3.8, 4) is 11.5 Å².